The first-order valence-corrected chi connectivity index (χ1v) is 7.88. The smallest absolute Gasteiger partial charge is 0.432 e. The summed E-state index contributed by atoms with van der Waals surface area (Å²) >= 11 is 0. The molecule has 2 rings (SSSR count). The van der Waals surface area contributed by atoms with Gasteiger partial charge in [-0.2, -0.15) is 13.2 Å². The van der Waals surface area contributed by atoms with Crippen LogP contribution in [0.4, 0.5) is 13.2 Å². The van der Waals surface area contributed by atoms with Gasteiger partial charge in [0.05, 0.1) is 19.8 Å². The summed E-state index contributed by atoms with van der Waals surface area (Å²) in [6.07, 6.45) is -1.80. The van der Waals surface area contributed by atoms with Gasteiger partial charge in [0.25, 0.3) is 0 Å². The van der Waals surface area contributed by atoms with Crippen molar-refractivity contribution < 1.29 is 22.6 Å². The third kappa shape index (κ3) is 5.39. The van der Waals surface area contributed by atoms with E-state index in [1.807, 2.05) is 0 Å². The Morgan fingerprint density at radius 2 is 1.96 bits per heavy atom. The van der Waals surface area contributed by atoms with Crippen LogP contribution in [0.2, 0.25) is 0 Å². The van der Waals surface area contributed by atoms with Crippen LogP contribution in [0.3, 0.4) is 0 Å². The molecule has 1 aliphatic carbocycles. The van der Waals surface area contributed by atoms with Crippen molar-refractivity contribution in [2.45, 2.75) is 19.0 Å². The summed E-state index contributed by atoms with van der Waals surface area (Å²) in [6, 6.07) is 0. The lowest BCUT2D eigenvalue weighted by atomic mass is 9.74. The summed E-state index contributed by atoms with van der Waals surface area (Å²) < 4.78 is 47.9. The molecule has 0 amide bonds. The van der Waals surface area contributed by atoms with Crippen molar-refractivity contribution in [3.63, 3.8) is 0 Å². The van der Waals surface area contributed by atoms with E-state index in [0.29, 0.717) is 24.5 Å². The number of hydrogen-bond acceptors (Lipinski definition) is 5. The molecule has 1 saturated heterocycles. The van der Waals surface area contributed by atoms with Crippen LogP contribution in [-0.2, 0) is 9.47 Å². The highest BCUT2D eigenvalue weighted by molar-refractivity contribution is 5.97. The van der Waals surface area contributed by atoms with Crippen LogP contribution in [0.5, 0.6) is 0 Å². The Balaban J connectivity index is 1.77. The molecule has 132 valence electrons. The Morgan fingerprint density at radius 1 is 1.30 bits per heavy atom. The van der Waals surface area contributed by atoms with Gasteiger partial charge in [-0.05, 0) is 24.7 Å². The van der Waals surface area contributed by atoms with Gasteiger partial charge in [0.1, 0.15) is 5.71 Å². The van der Waals surface area contributed by atoms with Crippen molar-refractivity contribution >= 4 is 5.71 Å². The van der Waals surface area contributed by atoms with Gasteiger partial charge in [0.2, 0.25) is 0 Å². The molecule has 0 aromatic heterocycles. The maximum atomic E-state index is 12.4. The minimum Gasteiger partial charge on any atom is -0.479 e. The molecule has 2 fully saturated rings. The molecule has 1 saturated carbocycles. The molecule has 0 radical (unpaired) electrons. The van der Waals surface area contributed by atoms with Crippen molar-refractivity contribution in [3.8, 4) is 0 Å². The monoisotopic (exact) mass is 335 g/mol. The number of halogens is 3. The maximum Gasteiger partial charge on any atom is 0.432 e. The molecule has 5 nitrogen and oxygen atoms in total. The number of hydrogen-bond donors (Lipinski definition) is 2. The van der Waals surface area contributed by atoms with Gasteiger partial charge >= 0.3 is 6.18 Å². The average Bonchev–Trinajstić information content (AvgIpc) is 2.50. The standard InChI is InChI=1S/C15H24F3N3O2/c1-20-14(8-13(19)15(16,17)18)23-10-12-3-2-11(12)9-21-4-6-22-7-5-21/h8,11-12,19-20H,2-7,9-10H2,1H3/b14-8+,19-13?/t11-,12+/m1/s1. The predicted octanol–water partition coefficient (Wildman–Crippen LogP) is 2.00. The summed E-state index contributed by atoms with van der Waals surface area (Å²) in [5, 5.41) is 9.56. The number of nitrogens with one attached hydrogen (secondary N) is 2. The molecule has 1 heterocycles. The zero-order chi connectivity index (χ0) is 16.9. The second-order valence-corrected chi connectivity index (χ2v) is 5.99. The van der Waals surface area contributed by atoms with E-state index in [9.17, 15) is 13.2 Å². The second-order valence-electron chi connectivity index (χ2n) is 5.99. The van der Waals surface area contributed by atoms with Crippen molar-refractivity contribution in [2.75, 3.05) is 46.5 Å². The molecule has 2 atom stereocenters. The summed E-state index contributed by atoms with van der Waals surface area (Å²) in [7, 11) is 1.49. The average molecular weight is 335 g/mol. The first-order chi connectivity index (χ1) is 10.9. The van der Waals surface area contributed by atoms with E-state index >= 15 is 0 Å². The highest BCUT2D eigenvalue weighted by Gasteiger charge is 2.35. The number of rotatable bonds is 7. The van der Waals surface area contributed by atoms with Crippen LogP contribution < -0.4 is 5.32 Å². The molecular formula is C15H24F3N3O2. The highest BCUT2D eigenvalue weighted by Crippen LogP contribution is 2.35. The number of alkyl halides is 3. The van der Waals surface area contributed by atoms with E-state index in [2.05, 4.69) is 10.2 Å². The molecule has 0 aromatic rings. The van der Waals surface area contributed by atoms with Gasteiger partial charge in [-0.1, -0.05) is 0 Å². The molecule has 0 unspecified atom stereocenters. The van der Waals surface area contributed by atoms with E-state index in [1.165, 1.54) is 7.05 Å². The minimum absolute atomic E-state index is 0.00986. The van der Waals surface area contributed by atoms with Crippen LogP contribution in [-0.4, -0.2) is 63.3 Å². The molecule has 2 N–H and O–H groups in total. The number of allylic oxidation sites excluding steroid dienone is 1. The topological polar surface area (TPSA) is 57.6 Å². The first kappa shape index (κ1) is 18.1. The van der Waals surface area contributed by atoms with Gasteiger partial charge < -0.3 is 14.8 Å². The molecule has 8 heteroatoms. The van der Waals surface area contributed by atoms with E-state index in [4.69, 9.17) is 14.9 Å². The van der Waals surface area contributed by atoms with E-state index in [0.717, 1.165) is 45.7 Å². The Labute approximate surface area is 134 Å². The summed E-state index contributed by atoms with van der Waals surface area (Å²) in [6.45, 7) is 4.78. The molecular weight excluding hydrogens is 311 g/mol. The van der Waals surface area contributed by atoms with Gasteiger partial charge in [-0.25, -0.2) is 0 Å². The van der Waals surface area contributed by atoms with Crippen LogP contribution in [0.15, 0.2) is 12.0 Å². The maximum absolute atomic E-state index is 12.4. The first-order valence-electron chi connectivity index (χ1n) is 7.88. The Morgan fingerprint density at radius 3 is 2.48 bits per heavy atom. The van der Waals surface area contributed by atoms with Crippen molar-refractivity contribution in [1.82, 2.24) is 10.2 Å². The molecule has 0 aromatic carbocycles. The van der Waals surface area contributed by atoms with Crippen LogP contribution >= 0.6 is 0 Å². The van der Waals surface area contributed by atoms with Crippen LogP contribution in [0.1, 0.15) is 12.8 Å². The Hall–Kier alpha value is -1.28. The zero-order valence-electron chi connectivity index (χ0n) is 13.3. The molecule has 23 heavy (non-hydrogen) atoms. The normalized spacial score (nSPS) is 26.5. The summed E-state index contributed by atoms with van der Waals surface area (Å²) in [4.78, 5) is 2.37. The lowest BCUT2D eigenvalue weighted by Gasteiger charge is -2.40. The third-order valence-corrected chi connectivity index (χ3v) is 4.45. The van der Waals surface area contributed by atoms with Gasteiger partial charge in [0, 0.05) is 32.8 Å². The van der Waals surface area contributed by atoms with Gasteiger partial charge in [-0.15, -0.1) is 0 Å². The van der Waals surface area contributed by atoms with E-state index < -0.39 is 11.9 Å². The summed E-state index contributed by atoms with van der Waals surface area (Å²) in [5.41, 5.74) is -1.42. The van der Waals surface area contributed by atoms with Crippen molar-refractivity contribution in [3.05, 3.63) is 12.0 Å². The number of ether oxygens (including phenoxy) is 2. The Kier molecular flexibility index (Phi) is 6.29. The van der Waals surface area contributed by atoms with Gasteiger partial charge in [0.15, 0.2) is 5.88 Å². The van der Waals surface area contributed by atoms with Crippen molar-refractivity contribution in [1.29, 1.82) is 5.41 Å². The quantitative estimate of drug-likeness (QED) is 0.552. The number of nitrogens with zero attached hydrogens (tertiary/aromatic N) is 1. The van der Waals surface area contributed by atoms with Crippen molar-refractivity contribution in [2.24, 2.45) is 11.8 Å². The van der Waals surface area contributed by atoms with Gasteiger partial charge in [-0.3, -0.25) is 10.3 Å². The lowest BCUT2D eigenvalue weighted by molar-refractivity contribution is -0.0587. The fourth-order valence-corrected chi connectivity index (χ4v) is 2.81. The molecule has 0 bridgehead atoms. The third-order valence-electron chi connectivity index (χ3n) is 4.45. The minimum atomic E-state index is -4.65. The molecule has 0 spiro atoms. The summed E-state index contributed by atoms with van der Waals surface area (Å²) in [5.74, 6) is 0.868. The molecule has 2 aliphatic rings. The van der Waals surface area contributed by atoms with Crippen LogP contribution in [0, 0.1) is 17.2 Å². The fraction of sp³-hybridized carbons (Fsp3) is 0.800. The van der Waals surface area contributed by atoms with E-state index in [-0.39, 0.29) is 5.88 Å². The Bertz CT molecular complexity index is 434. The molecule has 1 aliphatic heterocycles. The number of morpholine rings is 1. The highest BCUT2D eigenvalue weighted by atomic mass is 19.4. The largest absolute Gasteiger partial charge is 0.479 e. The van der Waals surface area contributed by atoms with Crippen LogP contribution in [0.25, 0.3) is 0 Å². The fourth-order valence-electron chi connectivity index (χ4n) is 2.81. The van der Waals surface area contributed by atoms with E-state index in [1.54, 1.807) is 0 Å². The lowest BCUT2D eigenvalue weighted by Crippen LogP contribution is -2.44. The zero-order valence-corrected chi connectivity index (χ0v) is 13.3. The predicted molar refractivity (Wildman–Crippen MR) is 80.3 cm³/mol. The second kappa shape index (κ2) is 8.01. The SMILES string of the molecule is CN/C(=C\C(=N)C(F)(F)F)OC[C@@H]1CC[C@@H]1CN1CCOCC1.